The van der Waals surface area contributed by atoms with Crippen molar-refractivity contribution in [2.45, 2.75) is 6.92 Å². The molecule has 1 N–H and O–H groups in total. The predicted molar refractivity (Wildman–Crippen MR) is 199 cm³/mol. The van der Waals surface area contributed by atoms with Crippen molar-refractivity contribution in [2.24, 2.45) is 12.5 Å². The first-order valence-corrected chi connectivity index (χ1v) is 16.7. The number of ketones is 1. The van der Waals surface area contributed by atoms with E-state index in [-0.39, 0.29) is 5.78 Å². The second-order valence-electron chi connectivity index (χ2n) is 11.9. The van der Waals surface area contributed by atoms with Crippen molar-refractivity contribution in [1.82, 2.24) is 29.5 Å². The molecule has 0 radical (unpaired) electrons. The zero-order valence-electron chi connectivity index (χ0n) is 29.4. The number of methoxy groups -OCH3 is 6. The van der Waals surface area contributed by atoms with Crippen LogP contribution in [0.3, 0.4) is 0 Å². The number of benzene rings is 2. The highest BCUT2D eigenvalue weighted by molar-refractivity contribution is 14.1. The molecule has 6 aromatic rings. The number of ether oxygens (including phenoxy) is 7. The molecule has 0 aliphatic carbocycles. The van der Waals surface area contributed by atoms with Gasteiger partial charge in [-0.1, -0.05) is 0 Å². The van der Waals surface area contributed by atoms with E-state index in [0.717, 1.165) is 31.6 Å². The summed E-state index contributed by atoms with van der Waals surface area (Å²) in [6.45, 7) is 2.73. The molecular weight excluding hydrogens is 771 g/mol. The fraction of sp³-hybridized carbons (Fsp3) is 0.306. The average Bonchev–Trinajstić information content (AvgIpc) is 3.70. The van der Waals surface area contributed by atoms with E-state index in [1.54, 1.807) is 73.4 Å². The third kappa shape index (κ3) is 6.58. The van der Waals surface area contributed by atoms with Crippen molar-refractivity contribution >= 4 is 50.7 Å². The smallest absolute Gasteiger partial charge is 0.203 e. The van der Waals surface area contributed by atoms with E-state index in [0.29, 0.717) is 70.1 Å². The number of aromatic nitrogens is 6. The van der Waals surface area contributed by atoms with Crippen LogP contribution in [0.25, 0.3) is 44.8 Å². The fourth-order valence-corrected chi connectivity index (χ4v) is 6.54. The van der Waals surface area contributed by atoms with Gasteiger partial charge >= 0.3 is 0 Å². The molecule has 0 amide bonds. The number of hydrogen-bond donors (Lipinski definition) is 1. The number of halogens is 1. The first kappa shape index (κ1) is 35.7. The van der Waals surface area contributed by atoms with Gasteiger partial charge in [0.2, 0.25) is 11.5 Å². The van der Waals surface area contributed by atoms with Crippen LogP contribution < -0.4 is 28.4 Å². The van der Waals surface area contributed by atoms with Crippen LogP contribution in [0.1, 0.15) is 17.3 Å². The van der Waals surface area contributed by atoms with Crippen molar-refractivity contribution in [3.8, 4) is 57.0 Å². The highest BCUT2D eigenvalue weighted by Crippen LogP contribution is 2.42. The van der Waals surface area contributed by atoms with E-state index in [4.69, 9.17) is 43.1 Å². The van der Waals surface area contributed by atoms with Gasteiger partial charge in [-0.2, -0.15) is 0 Å². The van der Waals surface area contributed by atoms with E-state index >= 15 is 0 Å². The quantitative estimate of drug-likeness (QED) is 0.125. The van der Waals surface area contributed by atoms with Gasteiger partial charge in [-0.25, -0.2) is 19.9 Å². The van der Waals surface area contributed by atoms with Gasteiger partial charge in [-0.3, -0.25) is 4.79 Å². The molecule has 1 aliphatic rings. The number of nitrogens with zero attached hydrogens (tertiary/aromatic N) is 5. The van der Waals surface area contributed by atoms with Crippen molar-refractivity contribution in [2.75, 3.05) is 55.9 Å². The summed E-state index contributed by atoms with van der Waals surface area (Å²) in [5.74, 6) is 3.27. The lowest BCUT2D eigenvalue weighted by molar-refractivity contribution is -0.0767. The molecule has 4 aromatic heterocycles. The van der Waals surface area contributed by atoms with Gasteiger partial charge in [0.25, 0.3) is 0 Å². The summed E-state index contributed by atoms with van der Waals surface area (Å²) >= 11 is 2.26. The highest BCUT2D eigenvalue weighted by Gasteiger charge is 2.42. The number of H-pyrrole nitrogens is 1. The molecular formula is C36H37IN6O8. The lowest BCUT2D eigenvalue weighted by Crippen LogP contribution is -2.46. The minimum Gasteiger partial charge on any atom is -0.493 e. The number of carbonyl (C=O) groups is 1. The predicted octanol–water partition coefficient (Wildman–Crippen LogP) is 6.14. The number of aryl methyl sites for hydroxylation is 1. The molecule has 14 nitrogen and oxygen atoms in total. The minimum absolute atomic E-state index is 0.00124. The second-order valence-corrected chi connectivity index (χ2v) is 13.0. The van der Waals surface area contributed by atoms with Gasteiger partial charge in [-0.05, 0) is 53.8 Å². The summed E-state index contributed by atoms with van der Waals surface area (Å²) in [5.41, 5.74) is 5.76. The maximum Gasteiger partial charge on any atom is 0.203 e. The van der Waals surface area contributed by atoms with Crippen molar-refractivity contribution < 1.29 is 38.0 Å². The Labute approximate surface area is 307 Å². The van der Waals surface area contributed by atoms with Gasteiger partial charge in [0.05, 0.1) is 94.2 Å². The number of Topliss-reactive ketones (excluding diaryl/α,β-unsaturated/α-hetero) is 1. The Balaban J connectivity index is 0.000000179. The molecule has 266 valence electrons. The number of nitrogens with one attached hydrogen (secondary N) is 1. The zero-order valence-corrected chi connectivity index (χ0v) is 31.6. The topological polar surface area (TPSA) is 154 Å². The molecule has 1 saturated heterocycles. The molecule has 5 heterocycles. The molecule has 7 rings (SSSR count). The van der Waals surface area contributed by atoms with Gasteiger partial charge in [0.1, 0.15) is 11.0 Å². The molecule has 0 unspecified atom stereocenters. The summed E-state index contributed by atoms with van der Waals surface area (Å²) in [5, 5.41) is 0. The van der Waals surface area contributed by atoms with Crippen LogP contribution in [0, 0.1) is 8.99 Å². The molecule has 2 aromatic carbocycles. The van der Waals surface area contributed by atoms with Gasteiger partial charge in [0.15, 0.2) is 40.1 Å². The van der Waals surface area contributed by atoms with E-state index in [9.17, 15) is 4.79 Å². The Bertz CT molecular complexity index is 2200. The summed E-state index contributed by atoms with van der Waals surface area (Å²) in [6.07, 6.45) is 7.06. The van der Waals surface area contributed by atoms with Crippen LogP contribution in [0.2, 0.25) is 0 Å². The molecule has 0 bridgehead atoms. The zero-order chi connectivity index (χ0) is 36.4. The molecule has 15 heteroatoms. The number of rotatable bonds is 10. The Morgan fingerprint density at radius 2 is 1.27 bits per heavy atom. The third-order valence-corrected chi connectivity index (χ3v) is 9.35. The fourth-order valence-electron chi connectivity index (χ4n) is 5.76. The normalized spacial score (nSPS) is 13.2. The van der Waals surface area contributed by atoms with Gasteiger partial charge in [-0.15, -0.1) is 0 Å². The Morgan fingerprint density at radius 3 is 1.73 bits per heavy atom. The lowest BCUT2D eigenvalue weighted by Gasteiger charge is -2.36. The summed E-state index contributed by atoms with van der Waals surface area (Å²) in [7, 11) is 11.4. The van der Waals surface area contributed by atoms with Crippen molar-refractivity contribution in [1.29, 1.82) is 0 Å². The molecule has 0 spiro atoms. The van der Waals surface area contributed by atoms with Crippen molar-refractivity contribution in [3.05, 3.63) is 58.2 Å². The van der Waals surface area contributed by atoms with Gasteiger partial charge in [0, 0.05) is 30.6 Å². The van der Waals surface area contributed by atoms with E-state index in [1.807, 2.05) is 36.9 Å². The van der Waals surface area contributed by atoms with Crippen LogP contribution in [0.4, 0.5) is 0 Å². The highest BCUT2D eigenvalue weighted by atomic mass is 127. The summed E-state index contributed by atoms with van der Waals surface area (Å²) < 4.78 is 40.6. The molecule has 1 aliphatic heterocycles. The Hall–Kier alpha value is -5.16. The minimum atomic E-state index is -0.515. The molecule has 0 saturated carbocycles. The molecule has 0 atom stereocenters. The standard InChI is InChI=1S/C20H21N3O5.C16H16IN3O3/c1-20(9-28-10-20)18(24)12-7-21-19-16(12)23-13(8-22-19)11-5-14(25-2)17(27-4)15(6-11)26-3;1-20-8-10(17)14-16(20)18-7-11(19-14)9-5-12(21-2)15(23-4)13(6-9)22-3/h5-8H,9-10H2,1-4H3,(H,21,22);5-8H,1-4H3. The maximum atomic E-state index is 12.9. The van der Waals surface area contributed by atoms with Gasteiger partial charge < -0.3 is 42.7 Å². The average molecular weight is 809 g/mol. The number of aromatic amines is 1. The van der Waals surface area contributed by atoms with E-state index in [1.165, 1.54) is 0 Å². The van der Waals surface area contributed by atoms with E-state index < -0.39 is 5.41 Å². The summed E-state index contributed by atoms with van der Waals surface area (Å²) in [6, 6.07) is 7.33. The maximum absolute atomic E-state index is 12.9. The van der Waals surface area contributed by atoms with E-state index in [2.05, 4.69) is 37.5 Å². The Kier molecular flexibility index (Phi) is 10.2. The third-order valence-electron chi connectivity index (χ3n) is 8.56. The second kappa shape index (κ2) is 14.6. The summed E-state index contributed by atoms with van der Waals surface area (Å²) in [4.78, 5) is 34.3. The first-order valence-electron chi connectivity index (χ1n) is 15.6. The number of carbonyl (C=O) groups excluding carboxylic acids is 1. The Morgan fingerprint density at radius 1 is 0.784 bits per heavy atom. The van der Waals surface area contributed by atoms with Crippen LogP contribution >= 0.6 is 22.6 Å². The molecule has 1 fully saturated rings. The van der Waals surface area contributed by atoms with Crippen LogP contribution in [0.15, 0.2) is 49.1 Å². The first-order chi connectivity index (χ1) is 24.6. The number of hydrogen-bond acceptors (Lipinski definition) is 12. The number of fused-ring (bicyclic) bond motifs is 2. The monoisotopic (exact) mass is 808 g/mol. The molecule has 51 heavy (non-hydrogen) atoms. The SMILES string of the molecule is COc1cc(-c2cnc3[nH]cc(C(=O)C4(C)COC4)c3n2)cc(OC)c1OC.COc1cc(-c2cnc3c(n2)c(I)cn3C)cc(OC)c1OC. The van der Waals surface area contributed by atoms with Crippen molar-refractivity contribution in [3.63, 3.8) is 0 Å². The van der Waals surface area contributed by atoms with Crippen LogP contribution in [-0.4, -0.2) is 91.1 Å². The lowest BCUT2D eigenvalue weighted by atomic mass is 9.81. The van der Waals surface area contributed by atoms with Crippen LogP contribution in [0.5, 0.6) is 34.5 Å². The van der Waals surface area contributed by atoms with Crippen LogP contribution in [-0.2, 0) is 11.8 Å². The largest absolute Gasteiger partial charge is 0.493 e.